The summed E-state index contributed by atoms with van der Waals surface area (Å²) in [6.45, 7) is 11.8. The van der Waals surface area contributed by atoms with Crippen molar-refractivity contribution >= 4 is 0 Å². The molecule has 0 aromatic heterocycles. The maximum absolute atomic E-state index is 9.91. The Morgan fingerprint density at radius 2 is 1.92 bits per heavy atom. The molecule has 0 fully saturated rings. The van der Waals surface area contributed by atoms with Crippen molar-refractivity contribution in [3.05, 3.63) is 23.8 Å². The first-order valence-electron chi connectivity index (χ1n) is 4.83. The zero-order valence-electron chi connectivity index (χ0n) is 9.35. The van der Waals surface area contributed by atoms with Crippen molar-refractivity contribution in [3.8, 4) is 0 Å². The lowest BCUT2D eigenvalue weighted by molar-refractivity contribution is 0.0524. The SMILES string of the molecule is C=C(C)CC(C)(O)CCC=C(C)C. The van der Waals surface area contributed by atoms with E-state index in [2.05, 4.69) is 26.5 Å². The van der Waals surface area contributed by atoms with E-state index in [0.717, 1.165) is 18.4 Å². The van der Waals surface area contributed by atoms with Crippen molar-refractivity contribution in [1.82, 2.24) is 0 Å². The average Bonchev–Trinajstić information content (AvgIpc) is 1.81. The van der Waals surface area contributed by atoms with E-state index < -0.39 is 5.60 Å². The minimum absolute atomic E-state index is 0.586. The van der Waals surface area contributed by atoms with Crippen LogP contribution >= 0.6 is 0 Å². The predicted molar refractivity (Wildman–Crippen MR) is 58.7 cm³/mol. The quantitative estimate of drug-likeness (QED) is 0.646. The van der Waals surface area contributed by atoms with Crippen LogP contribution in [0.15, 0.2) is 23.8 Å². The summed E-state index contributed by atoms with van der Waals surface area (Å²) in [7, 11) is 0. The van der Waals surface area contributed by atoms with Crippen LogP contribution in [0.5, 0.6) is 0 Å². The van der Waals surface area contributed by atoms with Gasteiger partial charge in [0.05, 0.1) is 5.60 Å². The fourth-order valence-electron chi connectivity index (χ4n) is 1.41. The van der Waals surface area contributed by atoms with Crippen LogP contribution in [0.3, 0.4) is 0 Å². The van der Waals surface area contributed by atoms with E-state index >= 15 is 0 Å². The molecule has 0 aromatic carbocycles. The van der Waals surface area contributed by atoms with Crippen LogP contribution in [0.4, 0.5) is 0 Å². The Kier molecular flexibility index (Phi) is 5.01. The third kappa shape index (κ3) is 7.79. The minimum Gasteiger partial charge on any atom is -0.390 e. The maximum Gasteiger partial charge on any atom is 0.0659 e. The predicted octanol–water partition coefficient (Wildman–Crippen LogP) is 3.45. The van der Waals surface area contributed by atoms with E-state index in [1.165, 1.54) is 5.57 Å². The molecule has 0 radical (unpaired) electrons. The van der Waals surface area contributed by atoms with Gasteiger partial charge in [-0.05, 0) is 47.0 Å². The van der Waals surface area contributed by atoms with Gasteiger partial charge in [-0.3, -0.25) is 0 Å². The fraction of sp³-hybridized carbons (Fsp3) is 0.667. The van der Waals surface area contributed by atoms with Crippen molar-refractivity contribution in [2.45, 2.75) is 52.6 Å². The number of hydrogen-bond acceptors (Lipinski definition) is 1. The van der Waals surface area contributed by atoms with Crippen molar-refractivity contribution in [1.29, 1.82) is 0 Å². The molecule has 0 heterocycles. The Bertz CT molecular complexity index is 195. The number of rotatable bonds is 5. The molecule has 0 aliphatic heterocycles. The number of hydrogen-bond donors (Lipinski definition) is 1. The Hall–Kier alpha value is -0.560. The molecular formula is C12H22O. The van der Waals surface area contributed by atoms with Gasteiger partial charge in [-0.2, -0.15) is 0 Å². The zero-order chi connectivity index (χ0) is 10.5. The third-order valence-corrected chi connectivity index (χ3v) is 1.92. The summed E-state index contributed by atoms with van der Waals surface area (Å²) < 4.78 is 0. The smallest absolute Gasteiger partial charge is 0.0659 e. The third-order valence-electron chi connectivity index (χ3n) is 1.92. The zero-order valence-corrected chi connectivity index (χ0v) is 9.35. The van der Waals surface area contributed by atoms with Crippen molar-refractivity contribution in [3.63, 3.8) is 0 Å². The van der Waals surface area contributed by atoms with E-state index in [-0.39, 0.29) is 0 Å². The molecule has 1 N–H and O–H groups in total. The molecule has 1 nitrogen and oxygen atoms in total. The summed E-state index contributed by atoms with van der Waals surface area (Å²) in [6, 6.07) is 0. The molecule has 13 heavy (non-hydrogen) atoms. The Morgan fingerprint density at radius 1 is 1.38 bits per heavy atom. The maximum atomic E-state index is 9.91. The minimum atomic E-state index is -0.586. The van der Waals surface area contributed by atoms with Crippen molar-refractivity contribution < 1.29 is 5.11 Å². The van der Waals surface area contributed by atoms with Crippen LogP contribution in [-0.2, 0) is 0 Å². The summed E-state index contributed by atoms with van der Waals surface area (Å²) in [5.41, 5.74) is 1.77. The molecule has 0 aliphatic rings. The lowest BCUT2D eigenvalue weighted by Crippen LogP contribution is -2.23. The van der Waals surface area contributed by atoms with E-state index in [9.17, 15) is 5.11 Å². The highest BCUT2D eigenvalue weighted by molar-refractivity contribution is 4.98. The van der Waals surface area contributed by atoms with Crippen LogP contribution in [0.1, 0.15) is 47.0 Å². The average molecular weight is 182 g/mol. The molecule has 76 valence electrons. The second kappa shape index (κ2) is 5.23. The van der Waals surface area contributed by atoms with Crippen molar-refractivity contribution in [2.24, 2.45) is 0 Å². The van der Waals surface area contributed by atoms with Gasteiger partial charge in [0.1, 0.15) is 0 Å². The molecule has 0 aliphatic carbocycles. The van der Waals surface area contributed by atoms with E-state index in [1.807, 2.05) is 13.8 Å². The molecule has 0 aromatic rings. The van der Waals surface area contributed by atoms with Gasteiger partial charge in [-0.1, -0.05) is 17.2 Å². The second-order valence-corrected chi connectivity index (χ2v) is 4.45. The lowest BCUT2D eigenvalue weighted by atomic mass is 9.92. The highest BCUT2D eigenvalue weighted by atomic mass is 16.3. The molecule has 0 spiro atoms. The van der Waals surface area contributed by atoms with Crippen LogP contribution in [0.2, 0.25) is 0 Å². The molecule has 1 unspecified atom stereocenters. The number of aliphatic hydroxyl groups is 1. The molecular weight excluding hydrogens is 160 g/mol. The Balaban J connectivity index is 3.89. The van der Waals surface area contributed by atoms with Gasteiger partial charge in [-0.25, -0.2) is 0 Å². The molecule has 0 amide bonds. The first kappa shape index (κ1) is 12.4. The first-order chi connectivity index (χ1) is 5.83. The van der Waals surface area contributed by atoms with E-state index in [1.54, 1.807) is 0 Å². The largest absolute Gasteiger partial charge is 0.390 e. The highest BCUT2D eigenvalue weighted by Crippen LogP contribution is 2.20. The second-order valence-electron chi connectivity index (χ2n) is 4.45. The lowest BCUT2D eigenvalue weighted by Gasteiger charge is -2.22. The van der Waals surface area contributed by atoms with Crippen molar-refractivity contribution in [2.75, 3.05) is 0 Å². The molecule has 0 saturated carbocycles. The van der Waals surface area contributed by atoms with E-state index in [4.69, 9.17) is 0 Å². The Morgan fingerprint density at radius 3 is 2.31 bits per heavy atom. The van der Waals surface area contributed by atoms with Crippen LogP contribution in [0, 0.1) is 0 Å². The number of allylic oxidation sites excluding steroid dienone is 2. The van der Waals surface area contributed by atoms with Gasteiger partial charge in [0, 0.05) is 0 Å². The van der Waals surface area contributed by atoms with Gasteiger partial charge >= 0.3 is 0 Å². The van der Waals surface area contributed by atoms with Gasteiger partial charge in [0.15, 0.2) is 0 Å². The molecule has 1 atom stereocenters. The molecule has 0 saturated heterocycles. The Labute approximate surface area is 82.2 Å². The summed E-state index contributed by atoms with van der Waals surface area (Å²) in [4.78, 5) is 0. The van der Waals surface area contributed by atoms with Gasteiger partial charge < -0.3 is 5.11 Å². The van der Waals surface area contributed by atoms with Crippen LogP contribution in [0.25, 0.3) is 0 Å². The van der Waals surface area contributed by atoms with E-state index in [0.29, 0.717) is 6.42 Å². The summed E-state index contributed by atoms with van der Waals surface area (Å²) in [5.74, 6) is 0. The molecule has 0 bridgehead atoms. The van der Waals surface area contributed by atoms with Gasteiger partial charge in [0.25, 0.3) is 0 Å². The summed E-state index contributed by atoms with van der Waals surface area (Å²) in [6.07, 6.45) is 4.62. The standard InChI is InChI=1S/C12H22O/c1-10(2)7-6-8-12(5,13)9-11(3)4/h7,13H,3,6,8-9H2,1-2,4-5H3. The normalized spacial score (nSPS) is 14.8. The van der Waals surface area contributed by atoms with Crippen LogP contribution in [-0.4, -0.2) is 10.7 Å². The molecule has 0 rings (SSSR count). The fourth-order valence-corrected chi connectivity index (χ4v) is 1.41. The molecule has 1 heteroatoms. The monoisotopic (exact) mass is 182 g/mol. The van der Waals surface area contributed by atoms with Gasteiger partial charge in [-0.15, -0.1) is 6.58 Å². The summed E-state index contributed by atoms with van der Waals surface area (Å²) >= 11 is 0. The summed E-state index contributed by atoms with van der Waals surface area (Å²) in [5, 5.41) is 9.91. The first-order valence-corrected chi connectivity index (χ1v) is 4.83. The topological polar surface area (TPSA) is 20.2 Å². The van der Waals surface area contributed by atoms with Crippen LogP contribution < -0.4 is 0 Å². The highest BCUT2D eigenvalue weighted by Gasteiger charge is 2.18. The van der Waals surface area contributed by atoms with Gasteiger partial charge in [0.2, 0.25) is 0 Å².